The summed E-state index contributed by atoms with van der Waals surface area (Å²) in [5.41, 5.74) is 0.258. The SMILES string of the molecule is O=C(C1=C(O)C(=O)N(c2ccc(F)c(F)c2)C1c1ccc(Cl)cc1)c1ccccc1Cl. The number of aliphatic hydroxyl groups excluding tert-OH is 1. The first-order valence-electron chi connectivity index (χ1n) is 9.06. The Morgan fingerprint density at radius 3 is 2.26 bits per heavy atom. The third-order valence-electron chi connectivity index (χ3n) is 4.94. The van der Waals surface area contributed by atoms with Crippen molar-refractivity contribution in [2.75, 3.05) is 4.90 Å². The van der Waals surface area contributed by atoms with Gasteiger partial charge in [-0.1, -0.05) is 47.5 Å². The molecule has 0 fully saturated rings. The predicted molar refractivity (Wildman–Crippen MR) is 113 cm³/mol. The zero-order valence-electron chi connectivity index (χ0n) is 15.7. The number of ketones is 1. The van der Waals surface area contributed by atoms with Gasteiger partial charge >= 0.3 is 0 Å². The van der Waals surface area contributed by atoms with Gasteiger partial charge in [0.1, 0.15) is 0 Å². The number of halogens is 4. The van der Waals surface area contributed by atoms with Gasteiger partial charge in [-0.05, 0) is 42.0 Å². The highest BCUT2D eigenvalue weighted by Crippen LogP contribution is 2.42. The van der Waals surface area contributed by atoms with Crippen LogP contribution in [0.3, 0.4) is 0 Å². The lowest BCUT2D eigenvalue weighted by atomic mass is 9.92. The van der Waals surface area contributed by atoms with Gasteiger partial charge in [0.05, 0.1) is 16.6 Å². The molecule has 8 heteroatoms. The molecule has 4 rings (SSSR count). The van der Waals surface area contributed by atoms with Gasteiger partial charge in [0, 0.05) is 22.3 Å². The third kappa shape index (κ3) is 3.69. The van der Waals surface area contributed by atoms with Crippen molar-refractivity contribution in [1.82, 2.24) is 0 Å². The minimum Gasteiger partial charge on any atom is -0.503 e. The van der Waals surface area contributed by atoms with Crippen molar-refractivity contribution in [1.29, 1.82) is 0 Å². The van der Waals surface area contributed by atoms with Crippen LogP contribution in [0.2, 0.25) is 10.0 Å². The fraction of sp³-hybridized carbons (Fsp3) is 0.0435. The number of Topliss-reactive ketones (excluding diaryl/α,β-unsaturated/α-hetero) is 1. The number of benzene rings is 3. The van der Waals surface area contributed by atoms with Gasteiger partial charge in [-0.15, -0.1) is 0 Å². The lowest BCUT2D eigenvalue weighted by Crippen LogP contribution is -2.31. The lowest BCUT2D eigenvalue weighted by molar-refractivity contribution is -0.117. The molecule has 0 aromatic heterocycles. The van der Waals surface area contributed by atoms with E-state index in [-0.39, 0.29) is 21.8 Å². The number of hydrogen-bond acceptors (Lipinski definition) is 3. The Hall–Kier alpha value is -3.22. The van der Waals surface area contributed by atoms with E-state index < -0.39 is 35.1 Å². The van der Waals surface area contributed by atoms with Crippen LogP contribution in [0, 0.1) is 11.6 Å². The molecule has 31 heavy (non-hydrogen) atoms. The molecular formula is C23H13Cl2F2NO3. The second-order valence-electron chi connectivity index (χ2n) is 6.80. The van der Waals surface area contributed by atoms with E-state index in [1.165, 1.54) is 18.2 Å². The number of nitrogens with zero attached hydrogens (tertiary/aromatic N) is 1. The first kappa shape index (κ1) is 21.0. The Bertz CT molecular complexity index is 1240. The maximum Gasteiger partial charge on any atom is 0.294 e. The standard InChI is InChI=1S/C23H13Cl2F2NO3/c24-13-7-5-12(6-8-13)20-19(21(29)15-3-1-2-4-16(15)25)22(30)23(31)28(20)14-9-10-17(26)18(27)11-14/h1-11,20,30H. The summed E-state index contributed by atoms with van der Waals surface area (Å²) >= 11 is 12.1. The summed E-state index contributed by atoms with van der Waals surface area (Å²) in [6.45, 7) is 0. The molecule has 1 unspecified atom stereocenters. The van der Waals surface area contributed by atoms with Crippen LogP contribution >= 0.6 is 23.2 Å². The van der Waals surface area contributed by atoms with Crippen molar-refractivity contribution in [3.63, 3.8) is 0 Å². The van der Waals surface area contributed by atoms with Crippen LogP contribution in [0.25, 0.3) is 0 Å². The molecule has 1 aliphatic rings. The first-order valence-corrected chi connectivity index (χ1v) is 9.81. The molecule has 1 aliphatic heterocycles. The monoisotopic (exact) mass is 459 g/mol. The molecule has 0 spiro atoms. The quantitative estimate of drug-likeness (QED) is 0.482. The smallest absolute Gasteiger partial charge is 0.294 e. The Kier molecular flexibility index (Phi) is 5.52. The van der Waals surface area contributed by atoms with Crippen molar-refractivity contribution in [3.8, 4) is 0 Å². The van der Waals surface area contributed by atoms with E-state index >= 15 is 0 Å². The molecule has 0 saturated heterocycles. The van der Waals surface area contributed by atoms with E-state index in [9.17, 15) is 23.5 Å². The van der Waals surface area contributed by atoms with Gasteiger partial charge in [0.15, 0.2) is 23.2 Å². The molecule has 1 N–H and O–H groups in total. The molecule has 0 bridgehead atoms. The van der Waals surface area contributed by atoms with E-state index in [2.05, 4.69) is 0 Å². The van der Waals surface area contributed by atoms with E-state index in [1.807, 2.05) is 0 Å². The zero-order chi connectivity index (χ0) is 22.3. The largest absolute Gasteiger partial charge is 0.503 e. The number of aliphatic hydroxyl groups is 1. The van der Waals surface area contributed by atoms with Gasteiger partial charge in [0.2, 0.25) is 0 Å². The van der Waals surface area contributed by atoms with Crippen LogP contribution in [-0.4, -0.2) is 16.8 Å². The van der Waals surface area contributed by atoms with Gasteiger partial charge in [-0.25, -0.2) is 8.78 Å². The number of rotatable bonds is 4. The van der Waals surface area contributed by atoms with Gasteiger partial charge in [-0.2, -0.15) is 0 Å². The van der Waals surface area contributed by atoms with Crippen molar-refractivity contribution in [2.45, 2.75) is 6.04 Å². The van der Waals surface area contributed by atoms with Crippen molar-refractivity contribution >= 4 is 40.6 Å². The van der Waals surface area contributed by atoms with Crippen LogP contribution in [-0.2, 0) is 4.79 Å². The molecule has 1 atom stereocenters. The molecule has 3 aromatic carbocycles. The molecular weight excluding hydrogens is 447 g/mol. The highest BCUT2D eigenvalue weighted by Gasteiger charge is 2.45. The molecule has 1 amide bonds. The maximum absolute atomic E-state index is 13.9. The number of amides is 1. The minimum absolute atomic E-state index is 0.0302. The van der Waals surface area contributed by atoms with Gasteiger partial charge in [0.25, 0.3) is 5.91 Å². The van der Waals surface area contributed by atoms with Crippen LogP contribution in [0.5, 0.6) is 0 Å². The normalized spacial score (nSPS) is 16.2. The first-order chi connectivity index (χ1) is 14.8. The minimum atomic E-state index is -1.18. The fourth-order valence-corrected chi connectivity index (χ4v) is 3.84. The van der Waals surface area contributed by atoms with E-state index in [4.69, 9.17) is 23.2 Å². The van der Waals surface area contributed by atoms with Crippen molar-refractivity contribution < 1.29 is 23.5 Å². The van der Waals surface area contributed by atoms with Gasteiger partial charge < -0.3 is 5.11 Å². The highest BCUT2D eigenvalue weighted by molar-refractivity contribution is 6.35. The van der Waals surface area contributed by atoms with E-state index in [0.717, 1.165) is 17.0 Å². The number of hydrogen-bond donors (Lipinski definition) is 1. The summed E-state index contributed by atoms with van der Waals surface area (Å²) in [4.78, 5) is 27.3. The molecule has 156 valence electrons. The molecule has 0 radical (unpaired) electrons. The summed E-state index contributed by atoms with van der Waals surface area (Å²) in [6.07, 6.45) is 0. The van der Waals surface area contributed by atoms with Crippen LogP contribution < -0.4 is 4.90 Å². The Morgan fingerprint density at radius 1 is 0.935 bits per heavy atom. The average molecular weight is 460 g/mol. The third-order valence-corrected chi connectivity index (χ3v) is 5.52. The van der Waals surface area contributed by atoms with Gasteiger partial charge in [-0.3, -0.25) is 14.5 Å². The van der Waals surface area contributed by atoms with Crippen LogP contribution in [0.1, 0.15) is 22.0 Å². The van der Waals surface area contributed by atoms with Crippen molar-refractivity contribution in [3.05, 3.63) is 111 Å². The zero-order valence-corrected chi connectivity index (χ0v) is 17.2. The van der Waals surface area contributed by atoms with Crippen LogP contribution in [0.4, 0.5) is 14.5 Å². The molecule has 0 aliphatic carbocycles. The molecule has 4 nitrogen and oxygen atoms in total. The Labute approximate surface area is 185 Å². The summed E-state index contributed by atoms with van der Waals surface area (Å²) in [5.74, 6) is -4.66. The maximum atomic E-state index is 13.9. The predicted octanol–water partition coefficient (Wildman–Crippen LogP) is 6.05. The molecule has 3 aromatic rings. The molecule has 1 heterocycles. The highest BCUT2D eigenvalue weighted by atomic mass is 35.5. The number of anilines is 1. The second kappa shape index (κ2) is 8.13. The molecule has 0 saturated carbocycles. The van der Waals surface area contributed by atoms with E-state index in [1.54, 1.807) is 36.4 Å². The van der Waals surface area contributed by atoms with Crippen molar-refractivity contribution in [2.24, 2.45) is 0 Å². The van der Waals surface area contributed by atoms with Crippen LogP contribution in [0.15, 0.2) is 78.1 Å². The summed E-state index contributed by atoms with van der Waals surface area (Å²) in [5, 5.41) is 11.2. The second-order valence-corrected chi connectivity index (χ2v) is 7.64. The van der Waals surface area contributed by atoms with E-state index in [0.29, 0.717) is 10.6 Å². The Morgan fingerprint density at radius 2 is 1.61 bits per heavy atom. The summed E-state index contributed by atoms with van der Waals surface area (Å²) in [6, 6.07) is 14.2. The lowest BCUT2D eigenvalue weighted by Gasteiger charge is -2.27. The topological polar surface area (TPSA) is 57.6 Å². The summed E-state index contributed by atoms with van der Waals surface area (Å²) < 4.78 is 27.4. The summed E-state index contributed by atoms with van der Waals surface area (Å²) in [7, 11) is 0. The Balaban J connectivity index is 1.91. The fourth-order valence-electron chi connectivity index (χ4n) is 3.49. The number of carbonyl (C=O) groups is 2. The average Bonchev–Trinajstić information content (AvgIpc) is 3.01. The number of carbonyl (C=O) groups excluding carboxylic acids is 2.